The van der Waals surface area contributed by atoms with Crippen molar-refractivity contribution in [3.8, 4) is 5.75 Å². The molecule has 0 bridgehead atoms. The number of aromatic nitrogens is 1. The highest BCUT2D eigenvalue weighted by molar-refractivity contribution is 5.88. The van der Waals surface area contributed by atoms with Crippen LogP contribution in [0.4, 0.5) is 31.5 Å². The van der Waals surface area contributed by atoms with Crippen LogP contribution in [-0.4, -0.2) is 40.6 Å². The van der Waals surface area contributed by atoms with Crippen LogP contribution in [-0.2, 0) is 11.2 Å². The summed E-state index contributed by atoms with van der Waals surface area (Å²) in [5.41, 5.74) is 0.0576. The molecule has 2 unspecified atom stereocenters. The Labute approximate surface area is 165 Å². The molecule has 7 nitrogen and oxygen atoms in total. The molecule has 2 aromatic rings. The van der Waals surface area contributed by atoms with E-state index in [0.29, 0.717) is 0 Å². The van der Waals surface area contributed by atoms with Crippen LogP contribution < -0.4 is 9.84 Å². The number of amides is 2. The van der Waals surface area contributed by atoms with Crippen molar-refractivity contribution in [2.75, 3.05) is 0 Å². The molecule has 160 valence electrons. The van der Waals surface area contributed by atoms with Gasteiger partial charge in [-0.25, -0.2) is 9.78 Å². The molecular weight excluding hydrogens is 419 g/mol. The second-order valence-corrected chi connectivity index (χ2v) is 6.21. The van der Waals surface area contributed by atoms with Gasteiger partial charge >= 0.3 is 18.6 Å². The molecule has 1 fully saturated rings. The molecule has 2 heterocycles. The van der Waals surface area contributed by atoms with Gasteiger partial charge in [-0.3, -0.25) is 4.90 Å². The third kappa shape index (κ3) is 4.42. The van der Waals surface area contributed by atoms with E-state index in [0.717, 1.165) is 18.2 Å². The number of carboxylic acid groups (broad SMARTS) is 1. The first kappa shape index (κ1) is 21.3. The maximum Gasteiger partial charge on any atom is 0.461 e. The number of nitrogens with zero attached hydrogens (tertiary/aromatic N) is 2. The van der Waals surface area contributed by atoms with Crippen molar-refractivity contribution in [2.24, 2.45) is 0 Å². The number of alkyl halides is 4. The number of hydrogen-bond donors (Lipinski definition) is 0. The molecule has 1 aliphatic rings. The Morgan fingerprint density at radius 1 is 1.27 bits per heavy atom. The molecule has 3 rings (SSSR count). The van der Waals surface area contributed by atoms with Crippen molar-refractivity contribution in [1.29, 1.82) is 0 Å². The standard InChI is InChI=1S/C18H13F5N2O5/c19-13-6-2-5-11(24-13)14-12(25(16(26)27)17(28)29-14)8-9-3-1-4-10(7-9)30-18(22,23)15(20)21/h1-7,12,14-15H,8H2,(H,26,27)/p-1. The minimum Gasteiger partial charge on any atom is -0.529 e. The number of rotatable bonds is 6. The molecule has 1 aromatic heterocycles. The van der Waals surface area contributed by atoms with E-state index < -0.39 is 48.6 Å². The minimum absolute atomic E-state index is 0.0891. The highest BCUT2D eigenvalue weighted by Gasteiger charge is 2.45. The van der Waals surface area contributed by atoms with Gasteiger partial charge in [-0.2, -0.15) is 22.0 Å². The summed E-state index contributed by atoms with van der Waals surface area (Å²) in [6.45, 7) is 0. The van der Waals surface area contributed by atoms with Crippen LogP contribution in [0, 0.1) is 5.95 Å². The van der Waals surface area contributed by atoms with E-state index in [9.17, 15) is 36.6 Å². The molecule has 0 aliphatic carbocycles. The molecule has 0 spiro atoms. The Kier molecular flexibility index (Phi) is 5.76. The smallest absolute Gasteiger partial charge is 0.461 e. The average molecular weight is 431 g/mol. The summed E-state index contributed by atoms with van der Waals surface area (Å²) in [7, 11) is 0. The number of carbonyl (C=O) groups is 2. The first-order chi connectivity index (χ1) is 14.1. The summed E-state index contributed by atoms with van der Waals surface area (Å²) in [4.78, 5) is 27.2. The maximum absolute atomic E-state index is 13.5. The van der Waals surface area contributed by atoms with Gasteiger partial charge in [-0.05, 0) is 36.2 Å². The van der Waals surface area contributed by atoms with Gasteiger partial charge < -0.3 is 19.4 Å². The molecular formula is C18H12F5N2O5-. The summed E-state index contributed by atoms with van der Waals surface area (Å²) < 4.78 is 73.4. The molecule has 0 radical (unpaired) electrons. The lowest BCUT2D eigenvalue weighted by molar-refractivity contribution is -0.262. The van der Waals surface area contributed by atoms with E-state index in [2.05, 4.69) is 9.72 Å². The second-order valence-electron chi connectivity index (χ2n) is 6.21. The summed E-state index contributed by atoms with van der Waals surface area (Å²) in [5.74, 6) is -1.51. The first-order valence-electron chi connectivity index (χ1n) is 8.35. The van der Waals surface area contributed by atoms with Crippen molar-refractivity contribution in [1.82, 2.24) is 9.88 Å². The van der Waals surface area contributed by atoms with Crippen molar-refractivity contribution < 1.29 is 46.1 Å². The van der Waals surface area contributed by atoms with Crippen LogP contribution in [0.2, 0.25) is 0 Å². The molecule has 0 N–H and O–H groups in total. The fourth-order valence-electron chi connectivity index (χ4n) is 2.94. The maximum atomic E-state index is 13.5. The molecule has 0 saturated carbocycles. The summed E-state index contributed by atoms with van der Waals surface area (Å²) in [6.07, 6.45) is -13.6. The largest absolute Gasteiger partial charge is 0.529 e. The Balaban J connectivity index is 1.90. The molecule has 1 aromatic carbocycles. The monoisotopic (exact) mass is 431 g/mol. The number of imide groups is 1. The van der Waals surface area contributed by atoms with Gasteiger partial charge in [0.15, 0.2) is 6.10 Å². The third-order valence-corrected chi connectivity index (χ3v) is 4.18. The quantitative estimate of drug-likeness (QED) is 0.516. The predicted molar refractivity (Wildman–Crippen MR) is 86.2 cm³/mol. The lowest BCUT2D eigenvalue weighted by atomic mass is 9.98. The van der Waals surface area contributed by atoms with Crippen molar-refractivity contribution in [3.05, 3.63) is 59.7 Å². The number of benzene rings is 1. The molecule has 12 heteroatoms. The number of cyclic esters (lactones) is 1. The Morgan fingerprint density at radius 2 is 1.97 bits per heavy atom. The number of halogens is 5. The van der Waals surface area contributed by atoms with Crippen LogP contribution in [0.1, 0.15) is 17.4 Å². The lowest BCUT2D eigenvalue weighted by Gasteiger charge is -2.25. The van der Waals surface area contributed by atoms with E-state index in [-0.39, 0.29) is 22.6 Å². The van der Waals surface area contributed by atoms with Crippen molar-refractivity contribution in [3.63, 3.8) is 0 Å². The highest BCUT2D eigenvalue weighted by atomic mass is 19.3. The average Bonchev–Trinajstić information content (AvgIpc) is 2.97. The Morgan fingerprint density at radius 3 is 2.60 bits per heavy atom. The van der Waals surface area contributed by atoms with E-state index in [1.54, 1.807) is 0 Å². The third-order valence-electron chi connectivity index (χ3n) is 4.18. The number of pyridine rings is 1. The molecule has 1 saturated heterocycles. The second kappa shape index (κ2) is 8.13. The number of hydrogen-bond acceptors (Lipinski definition) is 6. The fraction of sp³-hybridized carbons (Fsp3) is 0.278. The zero-order chi connectivity index (χ0) is 22.1. The Hall–Kier alpha value is -3.44. The highest BCUT2D eigenvalue weighted by Crippen LogP contribution is 2.35. The van der Waals surface area contributed by atoms with E-state index in [1.165, 1.54) is 24.3 Å². The first-order valence-corrected chi connectivity index (χ1v) is 8.35. The van der Waals surface area contributed by atoms with E-state index in [1.807, 2.05) is 0 Å². The van der Waals surface area contributed by atoms with Crippen LogP contribution in [0.25, 0.3) is 0 Å². The van der Waals surface area contributed by atoms with E-state index in [4.69, 9.17) is 4.74 Å². The van der Waals surface area contributed by atoms with Gasteiger partial charge in [-0.1, -0.05) is 18.2 Å². The molecule has 1 aliphatic heterocycles. The van der Waals surface area contributed by atoms with Crippen LogP contribution in [0.3, 0.4) is 0 Å². The number of ether oxygens (including phenoxy) is 2. The van der Waals surface area contributed by atoms with Crippen molar-refractivity contribution in [2.45, 2.75) is 31.1 Å². The van der Waals surface area contributed by atoms with Gasteiger partial charge in [-0.15, -0.1) is 0 Å². The van der Waals surface area contributed by atoms with Gasteiger partial charge in [0.2, 0.25) is 5.95 Å². The SMILES string of the molecule is O=C([O-])N1C(=O)OC(c2cccc(F)n2)C1Cc1cccc(OC(F)(F)C(F)F)c1. The molecule has 2 amide bonds. The van der Waals surface area contributed by atoms with Crippen molar-refractivity contribution >= 4 is 12.2 Å². The predicted octanol–water partition coefficient (Wildman–Crippen LogP) is 2.91. The Bertz CT molecular complexity index is 958. The van der Waals surface area contributed by atoms with Crippen LogP contribution in [0.5, 0.6) is 5.75 Å². The zero-order valence-corrected chi connectivity index (χ0v) is 14.8. The fourth-order valence-corrected chi connectivity index (χ4v) is 2.94. The normalized spacial score (nSPS) is 19.1. The summed E-state index contributed by atoms with van der Waals surface area (Å²) in [5, 5.41) is 11.4. The van der Waals surface area contributed by atoms with Gasteiger partial charge in [0.1, 0.15) is 11.8 Å². The summed E-state index contributed by atoms with van der Waals surface area (Å²) >= 11 is 0. The number of carbonyl (C=O) groups excluding carboxylic acids is 2. The van der Waals surface area contributed by atoms with Gasteiger partial charge in [0.05, 0.1) is 11.7 Å². The van der Waals surface area contributed by atoms with Crippen LogP contribution >= 0.6 is 0 Å². The lowest BCUT2D eigenvalue weighted by Crippen LogP contribution is -2.47. The molecule has 30 heavy (non-hydrogen) atoms. The zero-order valence-electron chi connectivity index (χ0n) is 14.8. The minimum atomic E-state index is -4.74. The van der Waals surface area contributed by atoms with Gasteiger partial charge in [0.25, 0.3) is 0 Å². The molecule has 2 atom stereocenters. The van der Waals surface area contributed by atoms with E-state index >= 15 is 0 Å². The summed E-state index contributed by atoms with van der Waals surface area (Å²) in [6, 6.07) is 6.85. The van der Waals surface area contributed by atoms with Crippen LogP contribution in [0.15, 0.2) is 42.5 Å². The van der Waals surface area contributed by atoms with Gasteiger partial charge in [0, 0.05) is 0 Å². The topological polar surface area (TPSA) is 91.8 Å².